The summed E-state index contributed by atoms with van der Waals surface area (Å²) in [4.78, 5) is 24.1. The summed E-state index contributed by atoms with van der Waals surface area (Å²) in [6, 6.07) is 5.59. The topological polar surface area (TPSA) is 64.5 Å². The number of aryl methyl sites for hydroxylation is 1. The van der Waals surface area contributed by atoms with Crippen LogP contribution in [0.25, 0.3) is 0 Å². The second-order valence-electron chi connectivity index (χ2n) is 6.55. The van der Waals surface area contributed by atoms with E-state index in [0.717, 1.165) is 36.3 Å². The Kier molecular flexibility index (Phi) is 3.82. The highest BCUT2D eigenvalue weighted by Gasteiger charge is 2.43. The van der Waals surface area contributed by atoms with Crippen molar-refractivity contribution in [1.82, 2.24) is 14.9 Å². The molecule has 4 rings (SSSR count). The number of ether oxygens (including phenoxy) is 2. The third-order valence-electron chi connectivity index (χ3n) is 5.18. The van der Waals surface area contributed by atoms with Crippen LogP contribution in [0.15, 0.2) is 24.4 Å². The van der Waals surface area contributed by atoms with Crippen LogP contribution < -0.4 is 9.47 Å². The molecular formula is C19H21N3O3. The number of carbonyl (C=O) groups excluding carboxylic acids is 1. The summed E-state index contributed by atoms with van der Waals surface area (Å²) in [7, 11) is 3.16. The van der Waals surface area contributed by atoms with Gasteiger partial charge < -0.3 is 14.4 Å². The van der Waals surface area contributed by atoms with Gasteiger partial charge in [0.2, 0.25) is 0 Å². The molecule has 2 bridgehead atoms. The number of rotatable bonds is 3. The van der Waals surface area contributed by atoms with E-state index in [1.807, 2.05) is 18.0 Å². The third-order valence-corrected chi connectivity index (χ3v) is 5.18. The minimum absolute atomic E-state index is 0.0275. The summed E-state index contributed by atoms with van der Waals surface area (Å²) < 4.78 is 10.6. The van der Waals surface area contributed by atoms with Crippen molar-refractivity contribution in [3.63, 3.8) is 0 Å². The maximum atomic E-state index is 13.2. The molecule has 2 aromatic rings. The van der Waals surface area contributed by atoms with Crippen molar-refractivity contribution in [2.24, 2.45) is 0 Å². The summed E-state index contributed by atoms with van der Waals surface area (Å²) in [6.45, 7) is 1.91. The largest absolute Gasteiger partial charge is 0.493 e. The molecule has 0 radical (unpaired) electrons. The first-order chi connectivity index (χ1) is 12.1. The van der Waals surface area contributed by atoms with Crippen molar-refractivity contribution in [2.75, 3.05) is 14.2 Å². The second-order valence-corrected chi connectivity index (χ2v) is 6.55. The first-order valence-corrected chi connectivity index (χ1v) is 8.49. The monoisotopic (exact) mass is 339 g/mol. The van der Waals surface area contributed by atoms with Gasteiger partial charge in [0, 0.05) is 29.8 Å². The van der Waals surface area contributed by atoms with Crippen molar-refractivity contribution >= 4 is 5.91 Å². The van der Waals surface area contributed by atoms with Gasteiger partial charge in [0.1, 0.15) is 5.82 Å². The lowest BCUT2D eigenvalue weighted by Gasteiger charge is -2.35. The predicted octanol–water partition coefficient (Wildman–Crippen LogP) is 2.70. The van der Waals surface area contributed by atoms with Crippen LogP contribution in [0.4, 0.5) is 0 Å². The molecule has 2 aliphatic heterocycles. The first-order valence-electron chi connectivity index (χ1n) is 8.49. The zero-order valence-electron chi connectivity index (χ0n) is 14.7. The average molecular weight is 339 g/mol. The normalized spacial score (nSPS) is 21.0. The van der Waals surface area contributed by atoms with Crippen LogP contribution >= 0.6 is 0 Å². The highest BCUT2D eigenvalue weighted by atomic mass is 16.5. The molecule has 0 aliphatic carbocycles. The molecule has 6 nitrogen and oxygen atoms in total. The van der Waals surface area contributed by atoms with Gasteiger partial charge in [-0.25, -0.2) is 9.97 Å². The van der Waals surface area contributed by atoms with Gasteiger partial charge in [0.25, 0.3) is 5.91 Å². The molecule has 25 heavy (non-hydrogen) atoms. The Hall–Kier alpha value is -2.63. The predicted molar refractivity (Wildman–Crippen MR) is 92.0 cm³/mol. The fourth-order valence-corrected chi connectivity index (χ4v) is 4.01. The Morgan fingerprint density at radius 1 is 1.20 bits per heavy atom. The first kappa shape index (κ1) is 15.9. The molecule has 3 heterocycles. The molecule has 0 spiro atoms. The Morgan fingerprint density at radius 3 is 2.76 bits per heavy atom. The number of methoxy groups -OCH3 is 2. The van der Waals surface area contributed by atoms with Crippen molar-refractivity contribution in [1.29, 1.82) is 0 Å². The zero-order chi connectivity index (χ0) is 17.6. The highest BCUT2D eigenvalue weighted by Crippen LogP contribution is 2.44. The molecule has 1 saturated heterocycles. The Labute approximate surface area is 146 Å². The van der Waals surface area contributed by atoms with Crippen molar-refractivity contribution in [2.45, 2.75) is 38.3 Å². The molecule has 1 amide bonds. The summed E-state index contributed by atoms with van der Waals surface area (Å²) in [5.74, 6) is 2.00. The van der Waals surface area contributed by atoms with Gasteiger partial charge in [0.05, 0.1) is 26.0 Å². The molecule has 2 atom stereocenters. The summed E-state index contributed by atoms with van der Waals surface area (Å²) >= 11 is 0. The lowest BCUT2D eigenvalue weighted by Crippen LogP contribution is -2.42. The van der Waals surface area contributed by atoms with Gasteiger partial charge >= 0.3 is 0 Å². The molecule has 2 aliphatic rings. The van der Waals surface area contributed by atoms with Crippen LogP contribution in [0.3, 0.4) is 0 Å². The van der Waals surface area contributed by atoms with E-state index in [4.69, 9.17) is 9.47 Å². The van der Waals surface area contributed by atoms with Crippen molar-refractivity contribution in [3.05, 3.63) is 47.0 Å². The Balaban J connectivity index is 1.69. The van der Waals surface area contributed by atoms with Crippen LogP contribution in [-0.4, -0.2) is 41.0 Å². The van der Waals surface area contributed by atoms with E-state index in [1.165, 1.54) is 0 Å². The molecule has 1 fully saturated rings. The van der Waals surface area contributed by atoms with Gasteiger partial charge in [-0.3, -0.25) is 4.79 Å². The molecule has 130 valence electrons. The average Bonchev–Trinajstić information content (AvgIpc) is 2.95. The highest BCUT2D eigenvalue weighted by molar-refractivity contribution is 5.95. The lowest BCUT2D eigenvalue weighted by molar-refractivity contribution is 0.0643. The summed E-state index contributed by atoms with van der Waals surface area (Å²) in [5.41, 5.74) is 2.80. The number of hydrogen-bond donors (Lipinski definition) is 0. The lowest BCUT2D eigenvalue weighted by atomic mass is 9.98. The molecule has 1 aromatic heterocycles. The molecule has 6 heteroatoms. The number of amides is 1. The minimum atomic E-state index is 0.0275. The Morgan fingerprint density at radius 2 is 2.00 bits per heavy atom. The Bertz CT molecular complexity index is 837. The van der Waals surface area contributed by atoms with E-state index >= 15 is 0 Å². The maximum Gasteiger partial charge on any atom is 0.254 e. The summed E-state index contributed by atoms with van der Waals surface area (Å²) in [5, 5.41) is 0. The molecule has 1 aromatic carbocycles. The fraction of sp³-hybridized carbons (Fsp3) is 0.421. The SMILES string of the molecule is COc1ccc(C(=O)N2C3CCC2c2cnc(C)nc2C3)cc1OC. The van der Waals surface area contributed by atoms with E-state index in [0.29, 0.717) is 17.1 Å². The third kappa shape index (κ3) is 2.52. The van der Waals surface area contributed by atoms with Crippen molar-refractivity contribution < 1.29 is 14.3 Å². The quantitative estimate of drug-likeness (QED) is 0.860. The van der Waals surface area contributed by atoms with Gasteiger partial charge in [-0.1, -0.05) is 0 Å². The van der Waals surface area contributed by atoms with Crippen LogP contribution in [0.5, 0.6) is 11.5 Å². The van der Waals surface area contributed by atoms with Crippen LogP contribution in [0.1, 0.15) is 46.3 Å². The standard InChI is InChI=1S/C19H21N3O3/c1-11-20-10-14-15(21-11)9-13-5-6-16(14)22(13)19(23)12-4-7-17(24-2)18(8-12)25-3/h4,7-8,10,13,16H,5-6,9H2,1-3H3. The number of fused-ring (bicyclic) bond motifs is 4. The maximum absolute atomic E-state index is 13.2. The van der Waals surface area contributed by atoms with E-state index in [-0.39, 0.29) is 18.0 Å². The molecular weight excluding hydrogens is 318 g/mol. The fourth-order valence-electron chi connectivity index (χ4n) is 4.01. The molecule has 0 N–H and O–H groups in total. The van der Waals surface area contributed by atoms with Crippen LogP contribution in [0.2, 0.25) is 0 Å². The van der Waals surface area contributed by atoms with E-state index in [2.05, 4.69) is 9.97 Å². The van der Waals surface area contributed by atoms with Gasteiger partial charge in [-0.2, -0.15) is 0 Å². The number of hydrogen-bond acceptors (Lipinski definition) is 5. The number of carbonyl (C=O) groups is 1. The van der Waals surface area contributed by atoms with E-state index < -0.39 is 0 Å². The van der Waals surface area contributed by atoms with E-state index in [1.54, 1.807) is 32.4 Å². The van der Waals surface area contributed by atoms with Gasteiger partial charge in [-0.05, 0) is 38.0 Å². The number of aromatic nitrogens is 2. The van der Waals surface area contributed by atoms with E-state index in [9.17, 15) is 4.79 Å². The van der Waals surface area contributed by atoms with Gasteiger partial charge in [-0.15, -0.1) is 0 Å². The minimum Gasteiger partial charge on any atom is -0.493 e. The van der Waals surface area contributed by atoms with Crippen LogP contribution in [0, 0.1) is 6.92 Å². The molecule has 2 unspecified atom stereocenters. The molecule has 0 saturated carbocycles. The smallest absolute Gasteiger partial charge is 0.254 e. The second kappa shape index (κ2) is 6.02. The number of nitrogens with zero attached hydrogens (tertiary/aromatic N) is 3. The van der Waals surface area contributed by atoms with Gasteiger partial charge in [0.15, 0.2) is 11.5 Å². The zero-order valence-corrected chi connectivity index (χ0v) is 14.7. The summed E-state index contributed by atoms with van der Waals surface area (Å²) in [6.07, 6.45) is 4.65. The van der Waals surface area contributed by atoms with Crippen LogP contribution in [-0.2, 0) is 6.42 Å². The van der Waals surface area contributed by atoms with Crippen molar-refractivity contribution in [3.8, 4) is 11.5 Å². The number of benzene rings is 1.